The number of benzene rings is 2. The highest BCUT2D eigenvalue weighted by molar-refractivity contribution is 9.10. The van der Waals surface area contributed by atoms with Gasteiger partial charge >= 0.3 is 5.97 Å². The van der Waals surface area contributed by atoms with Gasteiger partial charge in [0.25, 0.3) is 0 Å². The van der Waals surface area contributed by atoms with Gasteiger partial charge in [0.2, 0.25) is 0 Å². The van der Waals surface area contributed by atoms with Crippen LogP contribution in [0.5, 0.6) is 0 Å². The van der Waals surface area contributed by atoms with Crippen LogP contribution in [-0.4, -0.2) is 25.9 Å². The SMILES string of the molecule is CONC(C(=O)OC)c1cccc(Br)c1CO/N=C(\C)c1ccccc1. The Morgan fingerprint density at radius 1 is 1.15 bits per heavy atom. The van der Waals surface area contributed by atoms with Gasteiger partial charge in [0.05, 0.1) is 19.9 Å². The van der Waals surface area contributed by atoms with Gasteiger partial charge in [-0.1, -0.05) is 63.6 Å². The fourth-order valence-corrected chi connectivity index (χ4v) is 2.89. The third kappa shape index (κ3) is 5.14. The van der Waals surface area contributed by atoms with Crippen LogP contribution >= 0.6 is 15.9 Å². The van der Waals surface area contributed by atoms with Crippen molar-refractivity contribution in [2.24, 2.45) is 5.16 Å². The predicted molar refractivity (Wildman–Crippen MR) is 102 cm³/mol. The molecule has 0 aliphatic rings. The van der Waals surface area contributed by atoms with Gasteiger partial charge in [0, 0.05) is 10.0 Å². The second kappa shape index (κ2) is 10.1. The maximum Gasteiger partial charge on any atom is 0.329 e. The van der Waals surface area contributed by atoms with Crippen molar-refractivity contribution in [1.82, 2.24) is 5.48 Å². The van der Waals surface area contributed by atoms with Crippen molar-refractivity contribution in [2.75, 3.05) is 14.2 Å². The summed E-state index contributed by atoms with van der Waals surface area (Å²) in [5.41, 5.74) is 5.85. The molecule has 26 heavy (non-hydrogen) atoms. The summed E-state index contributed by atoms with van der Waals surface area (Å²) in [6, 6.07) is 14.5. The Morgan fingerprint density at radius 3 is 2.54 bits per heavy atom. The van der Waals surface area contributed by atoms with E-state index in [2.05, 4.69) is 26.6 Å². The number of hydrogen-bond acceptors (Lipinski definition) is 6. The summed E-state index contributed by atoms with van der Waals surface area (Å²) < 4.78 is 5.65. The van der Waals surface area contributed by atoms with Crippen molar-refractivity contribution in [1.29, 1.82) is 0 Å². The van der Waals surface area contributed by atoms with Crippen molar-refractivity contribution >= 4 is 27.6 Å². The molecule has 0 fully saturated rings. The molecular formula is C19H21BrN2O4. The largest absolute Gasteiger partial charge is 0.468 e. The molecule has 2 rings (SSSR count). The minimum atomic E-state index is -0.778. The van der Waals surface area contributed by atoms with Gasteiger partial charge in [0.1, 0.15) is 6.61 Å². The van der Waals surface area contributed by atoms with Crippen LogP contribution in [0, 0.1) is 0 Å². The Labute approximate surface area is 161 Å². The van der Waals surface area contributed by atoms with E-state index in [0.29, 0.717) is 5.56 Å². The Bertz CT molecular complexity index is 765. The van der Waals surface area contributed by atoms with E-state index in [1.807, 2.05) is 55.5 Å². The number of hydrogen-bond donors (Lipinski definition) is 1. The lowest BCUT2D eigenvalue weighted by molar-refractivity contribution is -0.147. The van der Waals surface area contributed by atoms with Crippen LogP contribution in [0.2, 0.25) is 0 Å². The fraction of sp³-hybridized carbons (Fsp3) is 0.263. The van der Waals surface area contributed by atoms with Crippen molar-refractivity contribution < 1.29 is 19.2 Å². The maximum absolute atomic E-state index is 12.1. The molecule has 0 spiro atoms. The molecule has 1 N–H and O–H groups in total. The predicted octanol–water partition coefficient (Wildman–Crippen LogP) is 3.76. The summed E-state index contributed by atoms with van der Waals surface area (Å²) in [4.78, 5) is 22.6. The van der Waals surface area contributed by atoms with E-state index >= 15 is 0 Å². The van der Waals surface area contributed by atoms with E-state index in [-0.39, 0.29) is 6.61 Å². The number of rotatable bonds is 8. The maximum atomic E-state index is 12.1. The number of halogens is 1. The Hall–Kier alpha value is -2.22. The number of carbonyl (C=O) groups is 1. The molecule has 6 nitrogen and oxygen atoms in total. The smallest absolute Gasteiger partial charge is 0.329 e. The van der Waals surface area contributed by atoms with E-state index in [9.17, 15) is 4.79 Å². The average Bonchev–Trinajstić information content (AvgIpc) is 2.67. The molecule has 0 saturated carbocycles. The van der Waals surface area contributed by atoms with Crippen molar-refractivity contribution in [3.8, 4) is 0 Å². The Balaban J connectivity index is 2.22. The van der Waals surface area contributed by atoms with E-state index in [4.69, 9.17) is 14.4 Å². The van der Waals surface area contributed by atoms with Crippen LogP contribution in [0.1, 0.15) is 29.7 Å². The van der Waals surface area contributed by atoms with Crippen LogP contribution in [0.4, 0.5) is 0 Å². The number of nitrogens with zero attached hydrogens (tertiary/aromatic N) is 1. The van der Waals surface area contributed by atoms with Gasteiger partial charge in [-0.2, -0.15) is 5.48 Å². The molecular weight excluding hydrogens is 400 g/mol. The van der Waals surface area contributed by atoms with Crippen LogP contribution in [0.15, 0.2) is 58.2 Å². The normalized spacial score (nSPS) is 12.5. The van der Waals surface area contributed by atoms with Crippen molar-refractivity contribution in [3.05, 3.63) is 69.7 Å². The summed E-state index contributed by atoms with van der Waals surface area (Å²) in [6.45, 7) is 2.06. The van der Waals surface area contributed by atoms with Gasteiger partial charge in [-0.05, 0) is 24.1 Å². The lowest BCUT2D eigenvalue weighted by Gasteiger charge is -2.19. The third-order valence-electron chi connectivity index (χ3n) is 3.74. The number of esters is 1. The average molecular weight is 421 g/mol. The van der Waals surface area contributed by atoms with E-state index in [0.717, 1.165) is 21.3 Å². The second-order valence-electron chi connectivity index (χ2n) is 5.40. The molecule has 0 aliphatic heterocycles. The number of ether oxygens (including phenoxy) is 1. The third-order valence-corrected chi connectivity index (χ3v) is 4.48. The molecule has 0 heterocycles. The first-order chi connectivity index (χ1) is 12.6. The quantitative estimate of drug-likeness (QED) is 0.400. The molecule has 2 aromatic rings. The molecule has 0 saturated heterocycles. The summed E-state index contributed by atoms with van der Waals surface area (Å²) in [5, 5.41) is 4.17. The van der Waals surface area contributed by atoms with E-state index in [1.165, 1.54) is 14.2 Å². The monoisotopic (exact) mass is 420 g/mol. The molecule has 2 aromatic carbocycles. The number of nitrogens with one attached hydrogen (secondary N) is 1. The first-order valence-corrected chi connectivity index (χ1v) is 8.73. The molecule has 1 unspecified atom stereocenters. The van der Waals surface area contributed by atoms with Gasteiger partial charge < -0.3 is 14.4 Å². The summed E-state index contributed by atoms with van der Waals surface area (Å²) >= 11 is 3.50. The minimum Gasteiger partial charge on any atom is -0.468 e. The highest BCUT2D eigenvalue weighted by Crippen LogP contribution is 2.27. The number of oxime groups is 1. The second-order valence-corrected chi connectivity index (χ2v) is 6.26. The van der Waals surface area contributed by atoms with Gasteiger partial charge in [0.15, 0.2) is 6.04 Å². The van der Waals surface area contributed by atoms with Crippen molar-refractivity contribution in [2.45, 2.75) is 19.6 Å². The van der Waals surface area contributed by atoms with Gasteiger partial charge in [-0.3, -0.25) is 0 Å². The highest BCUT2D eigenvalue weighted by atomic mass is 79.9. The molecule has 1 atom stereocenters. The molecule has 0 radical (unpaired) electrons. The topological polar surface area (TPSA) is 69.2 Å². The fourth-order valence-electron chi connectivity index (χ4n) is 2.40. The first kappa shape index (κ1) is 20.1. The van der Waals surface area contributed by atoms with Gasteiger partial charge in [-0.25, -0.2) is 4.79 Å². The first-order valence-electron chi connectivity index (χ1n) is 7.94. The van der Waals surface area contributed by atoms with E-state index < -0.39 is 12.0 Å². The minimum absolute atomic E-state index is 0.180. The molecule has 138 valence electrons. The van der Waals surface area contributed by atoms with Crippen LogP contribution < -0.4 is 5.48 Å². The van der Waals surface area contributed by atoms with Crippen molar-refractivity contribution in [3.63, 3.8) is 0 Å². The Morgan fingerprint density at radius 2 is 1.88 bits per heavy atom. The highest BCUT2D eigenvalue weighted by Gasteiger charge is 2.25. The standard InChI is InChI=1S/C19H21BrN2O4/c1-13(14-8-5-4-6-9-14)21-26-12-16-15(10-7-11-17(16)20)18(22-25-3)19(23)24-2/h4-11,18,22H,12H2,1-3H3/b21-13+. The number of methoxy groups -OCH3 is 1. The zero-order valence-corrected chi connectivity index (χ0v) is 16.4. The molecule has 7 heteroatoms. The zero-order chi connectivity index (χ0) is 18.9. The van der Waals surface area contributed by atoms with Crippen LogP contribution in [0.25, 0.3) is 0 Å². The summed E-state index contributed by atoms with van der Waals surface area (Å²) in [5.74, 6) is -0.463. The number of hydroxylamine groups is 1. The van der Waals surface area contributed by atoms with E-state index in [1.54, 1.807) is 0 Å². The lowest BCUT2D eigenvalue weighted by Crippen LogP contribution is -2.29. The molecule has 0 amide bonds. The lowest BCUT2D eigenvalue weighted by atomic mass is 10.0. The van der Waals surface area contributed by atoms with Crippen LogP contribution in [-0.2, 0) is 25.8 Å². The molecule has 0 aromatic heterocycles. The van der Waals surface area contributed by atoms with Crippen LogP contribution in [0.3, 0.4) is 0 Å². The molecule has 0 aliphatic carbocycles. The Kier molecular flexibility index (Phi) is 7.77. The number of carbonyl (C=O) groups excluding carboxylic acids is 1. The molecule has 0 bridgehead atoms. The van der Waals surface area contributed by atoms with Gasteiger partial charge in [-0.15, -0.1) is 0 Å². The zero-order valence-electron chi connectivity index (χ0n) is 14.9. The summed E-state index contributed by atoms with van der Waals surface area (Å²) in [6.07, 6.45) is 0. The summed E-state index contributed by atoms with van der Waals surface area (Å²) in [7, 11) is 2.77.